The van der Waals surface area contributed by atoms with E-state index in [1.807, 2.05) is 0 Å². The first-order chi connectivity index (χ1) is 9.86. The van der Waals surface area contributed by atoms with E-state index in [1.54, 1.807) is 0 Å². The van der Waals surface area contributed by atoms with Gasteiger partial charge in [0, 0.05) is 12.6 Å². The maximum atomic E-state index is 14.2. The summed E-state index contributed by atoms with van der Waals surface area (Å²) in [6.45, 7) is -1.21. The van der Waals surface area contributed by atoms with Crippen LogP contribution in [0, 0.1) is 5.82 Å². The zero-order valence-corrected chi connectivity index (χ0v) is 12.7. The highest BCUT2D eigenvalue weighted by Gasteiger charge is 2.23. The summed E-state index contributed by atoms with van der Waals surface area (Å²) >= 11 is 17.2. The molecule has 0 amide bonds. The lowest BCUT2D eigenvalue weighted by molar-refractivity contribution is 0.108. The van der Waals surface area contributed by atoms with E-state index in [2.05, 4.69) is 9.84 Å². The third-order valence-electron chi connectivity index (χ3n) is 2.65. The number of ether oxygens (including phenoxy) is 1. The Kier molecular flexibility index (Phi) is 4.70. The number of hydrogen-bond donors (Lipinski definition) is 0. The minimum atomic E-state index is -1.21. The Morgan fingerprint density at radius 3 is 2.62 bits per heavy atom. The highest BCUT2D eigenvalue weighted by atomic mass is 35.5. The number of carbonyl (C=O) groups is 1. The van der Waals surface area contributed by atoms with Gasteiger partial charge in [-0.25, -0.2) is 9.07 Å². The Morgan fingerprint density at radius 2 is 2.05 bits per heavy atom. The van der Waals surface area contributed by atoms with Crippen molar-refractivity contribution in [2.75, 3.05) is 6.86 Å². The molecule has 2 rings (SSSR count). The minimum Gasteiger partial charge on any atom is -0.444 e. The van der Waals surface area contributed by atoms with E-state index in [1.165, 1.54) is 19.2 Å². The van der Waals surface area contributed by atoms with Gasteiger partial charge in [-0.3, -0.25) is 4.79 Å². The number of nitrogens with zero attached hydrogens (tertiary/aromatic N) is 2. The number of carbonyl (C=O) groups excluding carboxylic acids is 1. The molecule has 0 N–H and O–H groups in total. The van der Waals surface area contributed by atoms with Crippen LogP contribution in [-0.2, 0) is 7.05 Å². The van der Waals surface area contributed by atoms with Crippen LogP contribution in [0.15, 0.2) is 12.1 Å². The third kappa shape index (κ3) is 2.97. The van der Waals surface area contributed by atoms with Crippen molar-refractivity contribution in [3.8, 4) is 17.1 Å². The number of hydrogen-bond acceptors (Lipinski definition) is 3. The summed E-state index contributed by atoms with van der Waals surface area (Å²) in [5.41, 5.74) is -0.163. The van der Waals surface area contributed by atoms with Crippen LogP contribution in [0.3, 0.4) is 0 Å². The highest BCUT2D eigenvalue weighted by molar-refractivity contribution is 6.68. The molecule has 21 heavy (non-hydrogen) atoms. The van der Waals surface area contributed by atoms with Crippen LogP contribution < -0.4 is 4.74 Å². The molecule has 0 radical (unpaired) electrons. The number of alkyl halides is 1. The molecule has 1 aromatic carbocycles. The van der Waals surface area contributed by atoms with Crippen LogP contribution >= 0.6 is 34.8 Å². The van der Waals surface area contributed by atoms with Gasteiger partial charge in [-0.05, 0) is 23.7 Å². The normalized spacial score (nSPS) is 10.8. The first-order valence-corrected chi connectivity index (χ1v) is 6.60. The largest absolute Gasteiger partial charge is 0.444 e. The van der Waals surface area contributed by atoms with E-state index in [4.69, 9.17) is 34.8 Å². The molecule has 0 spiro atoms. The van der Waals surface area contributed by atoms with Crippen molar-refractivity contribution in [3.63, 3.8) is 0 Å². The number of halogens is 5. The van der Waals surface area contributed by atoms with Gasteiger partial charge in [-0.2, -0.15) is 9.49 Å². The molecule has 0 bridgehead atoms. The van der Waals surface area contributed by atoms with E-state index < -0.39 is 23.8 Å². The Hall–Kier alpha value is -1.37. The van der Waals surface area contributed by atoms with Crippen LogP contribution in [-0.4, -0.2) is 21.9 Å². The first-order valence-electron chi connectivity index (χ1n) is 5.47. The second-order valence-electron chi connectivity index (χ2n) is 3.93. The molecular formula is C12H7Cl3F2N2O2. The van der Waals surface area contributed by atoms with Gasteiger partial charge in [0.1, 0.15) is 5.69 Å². The molecule has 2 aromatic rings. The van der Waals surface area contributed by atoms with Crippen molar-refractivity contribution in [1.82, 2.24) is 9.78 Å². The Bertz CT molecular complexity index is 719. The summed E-state index contributed by atoms with van der Waals surface area (Å²) in [6.07, 6.45) is 0. The molecule has 1 heterocycles. The number of rotatable bonds is 4. The van der Waals surface area contributed by atoms with Crippen LogP contribution in [0.1, 0.15) is 10.4 Å². The third-order valence-corrected chi connectivity index (χ3v) is 3.48. The predicted octanol–water partition coefficient (Wildman–Crippen LogP) is 4.22. The average Bonchev–Trinajstić information content (AvgIpc) is 2.67. The maximum absolute atomic E-state index is 14.2. The van der Waals surface area contributed by atoms with Gasteiger partial charge in [-0.15, -0.1) is 0 Å². The lowest BCUT2D eigenvalue weighted by Gasteiger charge is -2.05. The Balaban J connectivity index is 2.64. The van der Waals surface area contributed by atoms with Crippen molar-refractivity contribution in [3.05, 3.63) is 33.6 Å². The Morgan fingerprint density at radius 1 is 1.38 bits per heavy atom. The number of aryl methyl sites for hydroxylation is 1. The maximum Gasteiger partial charge on any atom is 0.253 e. The molecule has 0 aliphatic heterocycles. The first kappa shape index (κ1) is 16.0. The number of benzene rings is 1. The lowest BCUT2D eigenvalue weighted by Crippen LogP contribution is -1.99. The van der Waals surface area contributed by atoms with Crippen molar-refractivity contribution >= 4 is 40.0 Å². The monoisotopic (exact) mass is 354 g/mol. The quantitative estimate of drug-likeness (QED) is 0.771. The fourth-order valence-corrected chi connectivity index (χ4v) is 2.51. The smallest absolute Gasteiger partial charge is 0.253 e. The Labute approximate surface area is 133 Å². The van der Waals surface area contributed by atoms with Gasteiger partial charge >= 0.3 is 0 Å². The summed E-state index contributed by atoms with van der Waals surface area (Å²) in [4.78, 5) is 11.3. The molecule has 1 aromatic heterocycles. The van der Waals surface area contributed by atoms with Gasteiger partial charge in [-0.1, -0.05) is 23.2 Å². The zero-order chi connectivity index (χ0) is 15.7. The van der Waals surface area contributed by atoms with E-state index in [9.17, 15) is 13.6 Å². The topological polar surface area (TPSA) is 44.1 Å². The minimum absolute atomic E-state index is 0.0281. The summed E-state index contributed by atoms with van der Waals surface area (Å²) in [5, 5.41) is 3.12. The fraction of sp³-hybridized carbons (Fsp3) is 0.167. The van der Waals surface area contributed by atoms with E-state index in [0.717, 1.165) is 4.68 Å². The second-order valence-corrected chi connectivity index (χ2v) is 5.09. The summed E-state index contributed by atoms with van der Waals surface area (Å²) in [6, 6.07) is 2.46. The van der Waals surface area contributed by atoms with Crippen LogP contribution in [0.25, 0.3) is 11.3 Å². The van der Waals surface area contributed by atoms with E-state index in [0.29, 0.717) is 0 Å². The molecule has 0 aliphatic carbocycles. The van der Waals surface area contributed by atoms with Gasteiger partial charge < -0.3 is 4.74 Å². The van der Waals surface area contributed by atoms with Crippen LogP contribution in [0.2, 0.25) is 10.0 Å². The SMILES string of the molecule is Cn1nc(-c2cc(C(=O)Cl)c(Cl)cc2Cl)c(F)c1OCF. The van der Waals surface area contributed by atoms with Gasteiger partial charge in [0.05, 0.1) is 15.6 Å². The molecule has 0 saturated heterocycles. The molecule has 9 heteroatoms. The van der Waals surface area contributed by atoms with Gasteiger partial charge in [0.2, 0.25) is 12.7 Å². The van der Waals surface area contributed by atoms with E-state index >= 15 is 0 Å². The second kappa shape index (κ2) is 6.17. The van der Waals surface area contributed by atoms with Crippen molar-refractivity contribution in [2.24, 2.45) is 7.05 Å². The average molecular weight is 356 g/mol. The fourth-order valence-electron chi connectivity index (χ4n) is 1.74. The highest BCUT2D eigenvalue weighted by Crippen LogP contribution is 2.36. The molecule has 0 unspecified atom stereocenters. The van der Waals surface area contributed by atoms with Crippen molar-refractivity contribution in [2.45, 2.75) is 0 Å². The van der Waals surface area contributed by atoms with Crippen molar-refractivity contribution in [1.29, 1.82) is 0 Å². The molecule has 0 fully saturated rings. The zero-order valence-electron chi connectivity index (χ0n) is 10.5. The van der Waals surface area contributed by atoms with Crippen molar-refractivity contribution < 1.29 is 18.3 Å². The van der Waals surface area contributed by atoms with Crippen LogP contribution in [0.4, 0.5) is 8.78 Å². The lowest BCUT2D eigenvalue weighted by atomic mass is 10.1. The van der Waals surface area contributed by atoms with Gasteiger partial charge in [0.25, 0.3) is 11.1 Å². The standard InChI is InChI=1S/C12H7Cl3F2N2O2/c1-19-12(21-4-16)9(17)10(18-19)5-2-6(11(15)20)8(14)3-7(5)13/h2-3H,4H2,1H3. The molecule has 0 atom stereocenters. The molecule has 0 aliphatic rings. The van der Waals surface area contributed by atoms with Crippen LogP contribution in [0.5, 0.6) is 5.88 Å². The summed E-state index contributed by atoms with van der Waals surface area (Å²) < 4.78 is 31.9. The summed E-state index contributed by atoms with van der Waals surface area (Å²) in [7, 11) is 1.37. The van der Waals surface area contributed by atoms with Gasteiger partial charge in [0.15, 0.2) is 0 Å². The molecule has 4 nitrogen and oxygen atoms in total. The summed E-state index contributed by atoms with van der Waals surface area (Å²) in [5.74, 6) is -1.30. The molecule has 0 saturated carbocycles. The van der Waals surface area contributed by atoms with E-state index in [-0.39, 0.29) is 26.9 Å². The molecular weight excluding hydrogens is 348 g/mol. The molecule has 112 valence electrons. The predicted molar refractivity (Wildman–Crippen MR) is 75.4 cm³/mol. The number of aromatic nitrogens is 2.